The van der Waals surface area contributed by atoms with E-state index in [9.17, 15) is 19.7 Å². The summed E-state index contributed by atoms with van der Waals surface area (Å²) in [6.45, 7) is 0.460. The molecule has 0 aliphatic heterocycles. The lowest BCUT2D eigenvalue weighted by Crippen LogP contribution is -2.28. The number of nitro benzene ring substituents is 1. The summed E-state index contributed by atoms with van der Waals surface area (Å²) in [4.78, 5) is 33.2. The SMILES string of the molecule is O=C(CCCNC(=O)Oc1ccc([N+](=O)[O-])cc1)OCc1ccccc1. The third-order valence-electron chi connectivity index (χ3n) is 3.33. The number of rotatable bonds is 8. The van der Waals surface area contributed by atoms with Gasteiger partial charge < -0.3 is 14.8 Å². The van der Waals surface area contributed by atoms with Crippen molar-refractivity contribution in [2.24, 2.45) is 0 Å². The average molecular weight is 358 g/mol. The van der Waals surface area contributed by atoms with Gasteiger partial charge in [-0.15, -0.1) is 0 Å². The molecular formula is C18H18N2O6. The third-order valence-corrected chi connectivity index (χ3v) is 3.33. The highest BCUT2D eigenvalue weighted by molar-refractivity contribution is 5.71. The van der Waals surface area contributed by atoms with Gasteiger partial charge in [-0.1, -0.05) is 30.3 Å². The minimum Gasteiger partial charge on any atom is -0.461 e. The summed E-state index contributed by atoms with van der Waals surface area (Å²) in [7, 11) is 0. The molecular weight excluding hydrogens is 340 g/mol. The summed E-state index contributed by atoms with van der Waals surface area (Å²) >= 11 is 0. The van der Waals surface area contributed by atoms with Gasteiger partial charge in [-0.05, 0) is 24.1 Å². The lowest BCUT2D eigenvalue weighted by atomic mass is 10.2. The molecule has 0 aliphatic rings. The van der Waals surface area contributed by atoms with Crippen LogP contribution in [0.25, 0.3) is 0 Å². The molecule has 0 unspecified atom stereocenters. The van der Waals surface area contributed by atoms with Crippen molar-refractivity contribution in [3.63, 3.8) is 0 Å². The Bertz CT molecular complexity index is 746. The Morgan fingerprint density at radius 2 is 1.73 bits per heavy atom. The van der Waals surface area contributed by atoms with E-state index in [1.54, 1.807) is 0 Å². The molecule has 0 fully saturated rings. The number of esters is 1. The summed E-state index contributed by atoms with van der Waals surface area (Å²) in [6.07, 6.45) is -0.121. The van der Waals surface area contributed by atoms with Crippen LogP contribution in [0.2, 0.25) is 0 Å². The largest absolute Gasteiger partial charge is 0.461 e. The molecule has 8 nitrogen and oxygen atoms in total. The molecule has 0 bridgehead atoms. The molecule has 0 saturated heterocycles. The van der Waals surface area contributed by atoms with Crippen molar-refractivity contribution < 1.29 is 24.0 Å². The van der Waals surface area contributed by atoms with Crippen molar-refractivity contribution in [3.05, 3.63) is 70.3 Å². The van der Waals surface area contributed by atoms with E-state index >= 15 is 0 Å². The number of nitrogens with one attached hydrogen (secondary N) is 1. The van der Waals surface area contributed by atoms with Gasteiger partial charge >= 0.3 is 12.1 Å². The summed E-state index contributed by atoms with van der Waals surface area (Å²) in [6, 6.07) is 14.5. The Labute approximate surface area is 149 Å². The molecule has 0 aliphatic carbocycles. The zero-order valence-corrected chi connectivity index (χ0v) is 13.9. The number of nitrogens with zero attached hydrogens (tertiary/aromatic N) is 1. The molecule has 2 aromatic rings. The Hall–Kier alpha value is -3.42. The predicted octanol–water partition coefficient (Wildman–Crippen LogP) is 3.21. The summed E-state index contributed by atoms with van der Waals surface area (Å²) in [5.74, 6) is -0.158. The molecule has 0 saturated carbocycles. The van der Waals surface area contributed by atoms with Gasteiger partial charge in [0.05, 0.1) is 4.92 Å². The van der Waals surface area contributed by atoms with Gasteiger partial charge in [0.2, 0.25) is 0 Å². The standard InChI is InChI=1S/C18H18N2O6/c21-17(25-13-14-5-2-1-3-6-14)7-4-12-19-18(22)26-16-10-8-15(9-11-16)20(23)24/h1-3,5-6,8-11H,4,7,12-13H2,(H,19,22). The fraction of sp³-hybridized carbons (Fsp3) is 0.222. The van der Waals surface area contributed by atoms with Crippen LogP contribution >= 0.6 is 0 Å². The van der Waals surface area contributed by atoms with Crippen LogP contribution in [-0.2, 0) is 16.1 Å². The van der Waals surface area contributed by atoms with E-state index in [2.05, 4.69) is 5.32 Å². The molecule has 0 heterocycles. The monoisotopic (exact) mass is 358 g/mol. The maximum Gasteiger partial charge on any atom is 0.412 e. The topological polar surface area (TPSA) is 108 Å². The normalized spacial score (nSPS) is 10.0. The van der Waals surface area contributed by atoms with Crippen molar-refractivity contribution in [1.82, 2.24) is 5.32 Å². The second kappa shape index (κ2) is 9.77. The number of non-ortho nitro benzene ring substituents is 1. The van der Waals surface area contributed by atoms with Crippen LogP contribution < -0.4 is 10.1 Å². The second-order valence-electron chi connectivity index (χ2n) is 5.32. The van der Waals surface area contributed by atoms with Gasteiger partial charge in [0, 0.05) is 25.1 Å². The van der Waals surface area contributed by atoms with Crippen molar-refractivity contribution >= 4 is 17.7 Å². The fourth-order valence-electron chi connectivity index (χ4n) is 2.01. The van der Waals surface area contributed by atoms with Gasteiger partial charge in [0.15, 0.2) is 0 Å². The Morgan fingerprint density at radius 3 is 2.38 bits per heavy atom. The highest BCUT2D eigenvalue weighted by atomic mass is 16.6. The molecule has 0 radical (unpaired) electrons. The molecule has 26 heavy (non-hydrogen) atoms. The van der Waals surface area contributed by atoms with E-state index in [1.165, 1.54) is 24.3 Å². The molecule has 0 aromatic heterocycles. The third kappa shape index (κ3) is 6.60. The molecule has 8 heteroatoms. The highest BCUT2D eigenvalue weighted by Gasteiger charge is 2.08. The maximum absolute atomic E-state index is 11.6. The Kier molecular flexibility index (Phi) is 7.11. The number of hydrogen-bond acceptors (Lipinski definition) is 6. The molecule has 2 aromatic carbocycles. The number of amides is 1. The fourth-order valence-corrected chi connectivity index (χ4v) is 2.01. The van der Waals surface area contributed by atoms with Crippen LogP contribution in [0.5, 0.6) is 5.75 Å². The minimum absolute atomic E-state index is 0.0910. The molecule has 1 amide bonds. The average Bonchev–Trinajstić information content (AvgIpc) is 2.65. The van der Waals surface area contributed by atoms with Gasteiger partial charge in [-0.25, -0.2) is 4.79 Å². The summed E-state index contributed by atoms with van der Waals surface area (Å²) in [5.41, 5.74) is 0.817. The molecule has 1 N–H and O–H groups in total. The zero-order valence-electron chi connectivity index (χ0n) is 13.9. The van der Waals surface area contributed by atoms with Crippen LogP contribution in [0.4, 0.5) is 10.5 Å². The molecule has 0 atom stereocenters. The quantitative estimate of drug-likeness (QED) is 0.336. The van der Waals surface area contributed by atoms with E-state index in [1.807, 2.05) is 30.3 Å². The van der Waals surface area contributed by atoms with Crippen molar-refractivity contribution in [1.29, 1.82) is 0 Å². The Morgan fingerprint density at radius 1 is 1.04 bits per heavy atom. The smallest absolute Gasteiger partial charge is 0.412 e. The maximum atomic E-state index is 11.6. The number of nitro groups is 1. The number of hydrogen-bond donors (Lipinski definition) is 1. The van der Waals surface area contributed by atoms with E-state index in [0.29, 0.717) is 6.42 Å². The number of benzene rings is 2. The van der Waals surface area contributed by atoms with Crippen molar-refractivity contribution in [2.75, 3.05) is 6.54 Å². The van der Waals surface area contributed by atoms with Crippen LogP contribution in [0.1, 0.15) is 18.4 Å². The summed E-state index contributed by atoms with van der Waals surface area (Å²) in [5, 5.41) is 13.0. The van der Waals surface area contributed by atoms with Gasteiger partial charge in [-0.3, -0.25) is 14.9 Å². The second-order valence-corrected chi connectivity index (χ2v) is 5.32. The minimum atomic E-state index is -0.698. The van der Waals surface area contributed by atoms with Crippen LogP contribution in [0, 0.1) is 10.1 Å². The van der Waals surface area contributed by atoms with E-state index in [-0.39, 0.29) is 37.0 Å². The molecule has 2 rings (SSSR count). The van der Waals surface area contributed by atoms with Crippen molar-refractivity contribution in [3.8, 4) is 5.75 Å². The lowest BCUT2D eigenvalue weighted by Gasteiger charge is -2.07. The zero-order chi connectivity index (χ0) is 18.8. The van der Waals surface area contributed by atoms with E-state index in [0.717, 1.165) is 5.56 Å². The number of ether oxygens (including phenoxy) is 2. The van der Waals surface area contributed by atoms with Crippen LogP contribution in [0.3, 0.4) is 0 Å². The lowest BCUT2D eigenvalue weighted by molar-refractivity contribution is -0.384. The first-order valence-corrected chi connectivity index (χ1v) is 7.94. The number of carbonyl (C=O) groups is 2. The van der Waals surface area contributed by atoms with Gasteiger partial charge in [-0.2, -0.15) is 0 Å². The number of carbonyl (C=O) groups excluding carboxylic acids is 2. The highest BCUT2D eigenvalue weighted by Crippen LogP contribution is 2.17. The van der Waals surface area contributed by atoms with E-state index in [4.69, 9.17) is 9.47 Å². The molecule has 0 spiro atoms. The van der Waals surface area contributed by atoms with Crippen molar-refractivity contribution in [2.45, 2.75) is 19.4 Å². The predicted molar refractivity (Wildman–Crippen MR) is 92.6 cm³/mol. The first-order valence-electron chi connectivity index (χ1n) is 7.94. The van der Waals surface area contributed by atoms with Gasteiger partial charge in [0.25, 0.3) is 5.69 Å². The Balaban J connectivity index is 1.60. The first-order chi connectivity index (χ1) is 12.5. The summed E-state index contributed by atoms with van der Waals surface area (Å²) < 4.78 is 10.1. The first kappa shape index (κ1) is 18.9. The van der Waals surface area contributed by atoms with Gasteiger partial charge in [0.1, 0.15) is 12.4 Å². The molecule has 136 valence electrons. The van der Waals surface area contributed by atoms with Crippen LogP contribution in [-0.4, -0.2) is 23.5 Å². The van der Waals surface area contributed by atoms with Crippen LogP contribution in [0.15, 0.2) is 54.6 Å². The van der Waals surface area contributed by atoms with E-state index < -0.39 is 11.0 Å².